The number of nitrogens with zero attached hydrogens (tertiary/aromatic N) is 1. The molecule has 3 rings (SSSR count). The zero-order chi connectivity index (χ0) is 18.4. The van der Waals surface area contributed by atoms with Gasteiger partial charge in [0.1, 0.15) is 5.75 Å². The van der Waals surface area contributed by atoms with Gasteiger partial charge < -0.3 is 15.0 Å². The Morgan fingerprint density at radius 2 is 2.04 bits per heavy atom. The van der Waals surface area contributed by atoms with Crippen LogP contribution in [0.15, 0.2) is 66.6 Å². The summed E-state index contributed by atoms with van der Waals surface area (Å²) in [5.41, 5.74) is 1.06. The molecule has 2 amide bonds. The Labute approximate surface area is 157 Å². The summed E-state index contributed by atoms with van der Waals surface area (Å²) in [7, 11) is 1.66. The second-order valence-electron chi connectivity index (χ2n) is 5.95. The van der Waals surface area contributed by atoms with Crippen molar-refractivity contribution >= 4 is 28.1 Å². The third-order valence-electron chi connectivity index (χ3n) is 4.12. The Kier molecular flexibility index (Phi) is 5.92. The van der Waals surface area contributed by atoms with Crippen molar-refractivity contribution < 1.29 is 9.53 Å². The monoisotopic (exact) mass is 366 g/mol. The van der Waals surface area contributed by atoms with Gasteiger partial charge in [-0.25, -0.2) is 4.79 Å². The summed E-state index contributed by atoms with van der Waals surface area (Å²) in [5.74, 6) is 0.840. The molecule has 1 heterocycles. The predicted octanol–water partition coefficient (Wildman–Crippen LogP) is 4.81. The molecule has 0 saturated heterocycles. The Hall–Kier alpha value is -2.79. The zero-order valence-electron chi connectivity index (χ0n) is 14.8. The fourth-order valence-electron chi connectivity index (χ4n) is 2.77. The number of ether oxygens (including phenoxy) is 1. The van der Waals surface area contributed by atoms with Crippen LogP contribution in [0.4, 0.5) is 4.79 Å². The number of methoxy groups -OCH3 is 1. The second kappa shape index (κ2) is 8.54. The van der Waals surface area contributed by atoms with Crippen LogP contribution in [0.2, 0.25) is 0 Å². The first-order chi connectivity index (χ1) is 12.7. The van der Waals surface area contributed by atoms with Crippen LogP contribution in [-0.2, 0) is 13.1 Å². The first-order valence-corrected chi connectivity index (χ1v) is 9.30. The van der Waals surface area contributed by atoms with Crippen molar-refractivity contribution in [2.24, 2.45) is 0 Å². The number of benzene rings is 2. The van der Waals surface area contributed by atoms with Gasteiger partial charge >= 0.3 is 6.03 Å². The Morgan fingerprint density at radius 3 is 2.77 bits per heavy atom. The van der Waals surface area contributed by atoms with Gasteiger partial charge in [-0.05, 0) is 46.0 Å². The van der Waals surface area contributed by atoms with Crippen LogP contribution in [-0.4, -0.2) is 24.6 Å². The Balaban J connectivity index is 1.65. The van der Waals surface area contributed by atoms with Gasteiger partial charge in [-0.3, -0.25) is 0 Å². The minimum Gasteiger partial charge on any atom is -0.497 e. The summed E-state index contributed by atoms with van der Waals surface area (Å²) >= 11 is 1.65. The van der Waals surface area contributed by atoms with Crippen molar-refractivity contribution in [2.75, 3.05) is 13.7 Å². The molecule has 0 aliphatic carbocycles. The lowest BCUT2D eigenvalue weighted by Gasteiger charge is -2.21. The lowest BCUT2D eigenvalue weighted by Crippen LogP contribution is -2.39. The van der Waals surface area contributed by atoms with Gasteiger partial charge in [0.25, 0.3) is 0 Å². The van der Waals surface area contributed by atoms with Crippen molar-refractivity contribution in [3.05, 3.63) is 77.0 Å². The molecular formula is C21H22N2O2S. The van der Waals surface area contributed by atoms with E-state index in [9.17, 15) is 4.79 Å². The quantitative estimate of drug-likeness (QED) is 0.610. The SMILES string of the molecule is C=CCN(Cc1cccs1)C(=O)NCc1ccc2cc(OC)ccc2c1. The van der Waals surface area contributed by atoms with E-state index in [0.717, 1.165) is 27.0 Å². The van der Waals surface area contributed by atoms with Crippen LogP contribution in [0.25, 0.3) is 10.8 Å². The second-order valence-corrected chi connectivity index (χ2v) is 6.99. The number of nitrogens with one attached hydrogen (secondary N) is 1. The maximum atomic E-state index is 12.5. The molecule has 26 heavy (non-hydrogen) atoms. The van der Waals surface area contributed by atoms with E-state index < -0.39 is 0 Å². The minimum absolute atomic E-state index is 0.0897. The first kappa shape index (κ1) is 18.0. The molecule has 4 nitrogen and oxygen atoms in total. The van der Waals surface area contributed by atoms with E-state index in [1.807, 2.05) is 47.8 Å². The average Bonchev–Trinajstić information content (AvgIpc) is 3.18. The van der Waals surface area contributed by atoms with Crippen LogP contribution in [0.3, 0.4) is 0 Å². The molecule has 0 atom stereocenters. The summed E-state index contributed by atoms with van der Waals surface area (Å²) in [4.78, 5) is 15.4. The summed E-state index contributed by atoms with van der Waals surface area (Å²) < 4.78 is 5.25. The molecule has 3 aromatic rings. The lowest BCUT2D eigenvalue weighted by molar-refractivity contribution is 0.201. The molecule has 0 aliphatic rings. The van der Waals surface area contributed by atoms with Crippen molar-refractivity contribution in [3.63, 3.8) is 0 Å². The van der Waals surface area contributed by atoms with E-state index in [0.29, 0.717) is 19.6 Å². The van der Waals surface area contributed by atoms with Crippen LogP contribution >= 0.6 is 11.3 Å². The first-order valence-electron chi connectivity index (χ1n) is 8.42. The molecule has 0 bridgehead atoms. The van der Waals surface area contributed by atoms with Crippen molar-refractivity contribution in [1.29, 1.82) is 0 Å². The fraction of sp³-hybridized carbons (Fsp3) is 0.190. The smallest absolute Gasteiger partial charge is 0.318 e. The van der Waals surface area contributed by atoms with E-state index in [2.05, 4.69) is 18.0 Å². The highest BCUT2D eigenvalue weighted by Crippen LogP contribution is 2.22. The van der Waals surface area contributed by atoms with Gasteiger partial charge in [-0.2, -0.15) is 0 Å². The summed E-state index contributed by atoms with van der Waals surface area (Å²) in [5, 5.41) is 7.26. The highest BCUT2D eigenvalue weighted by Gasteiger charge is 2.13. The topological polar surface area (TPSA) is 41.6 Å². The number of rotatable bonds is 7. The molecule has 1 aromatic heterocycles. The van der Waals surface area contributed by atoms with Gasteiger partial charge in [0.2, 0.25) is 0 Å². The maximum absolute atomic E-state index is 12.5. The average molecular weight is 366 g/mol. The number of carbonyl (C=O) groups excluding carboxylic acids is 1. The van der Waals surface area contributed by atoms with Gasteiger partial charge in [0, 0.05) is 18.0 Å². The third kappa shape index (κ3) is 4.43. The third-order valence-corrected chi connectivity index (χ3v) is 4.98. The molecule has 0 saturated carbocycles. The predicted molar refractivity (Wildman–Crippen MR) is 108 cm³/mol. The Bertz CT molecular complexity index is 890. The number of fused-ring (bicyclic) bond motifs is 1. The number of thiophene rings is 1. The van der Waals surface area contributed by atoms with Gasteiger partial charge in [-0.15, -0.1) is 17.9 Å². The van der Waals surface area contributed by atoms with E-state index in [-0.39, 0.29) is 6.03 Å². The van der Waals surface area contributed by atoms with Crippen molar-refractivity contribution in [3.8, 4) is 5.75 Å². The van der Waals surface area contributed by atoms with Crippen LogP contribution in [0.5, 0.6) is 5.75 Å². The molecule has 1 N–H and O–H groups in total. The Morgan fingerprint density at radius 1 is 1.23 bits per heavy atom. The van der Waals surface area contributed by atoms with E-state index in [1.54, 1.807) is 29.4 Å². The molecule has 0 radical (unpaired) electrons. The lowest BCUT2D eigenvalue weighted by atomic mass is 10.1. The summed E-state index contributed by atoms with van der Waals surface area (Å²) in [6, 6.07) is 16.1. The molecule has 0 spiro atoms. The maximum Gasteiger partial charge on any atom is 0.318 e. The molecular weight excluding hydrogens is 344 g/mol. The summed E-state index contributed by atoms with van der Waals surface area (Å²) in [6.45, 7) is 5.34. The molecule has 2 aromatic carbocycles. The number of carbonyl (C=O) groups is 1. The van der Waals surface area contributed by atoms with Gasteiger partial charge in [-0.1, -0.05) is 30.3 Å². The summed E-state index contributed by atoms with van der Waals surface area (Å²) in [6.07, 6.45) is 1.75. The zero-order valence-corrected chi connectivity index (χ0v) is 15.6. The van der Waals surface area contributed by atoms with Crippen LogP contribution in [0, 0.1) is 0 Å². The van der Waals surface area contributed by atoms with Crippen LogP contribution < -0.4 is 10.1 Å². The largest absolute Gasteiger partial charge is 0.497 e. The van der Waals surface area contributed by atoms with Gasteiger partial charge in [0.15, 0.2) is 0 Å². The normalized spacial score (nSPS) is 10.5. The fourth-order valence-corrected chi connectivity index (χ4v) is 3.48. The van der Waals surface area contributed by atoms with Crippen molar-refractivity contribution in [2.45, 2.75) is 13.1 Å². The standard InChI is InChI=1S/C21H22N2O2S/c1-3-10-23(15-20-5-4-11-26-20)21(24)22-14-16-6-7-18-13-19(25-2)9-8-17(18)12-16/h3-9,11-13H,1,10,14-15H2,2H3,(H,22,24). The number of hydrogen-bond donors (Lipinski definition) is 1. The highest BCUT2D eigenvalue weighted by molar-refractivity contribution is 7.09. The van der Waals surface area contributed by atoms with E-state index in [1.165, 1.54) is 0 Å². The molecule has 5 heteroatoms. The van der Waals surface area contributed by atoms with E-state index in [4.69, 9.17) is 4.74 Å². The highest BCUT2D eigenvalue weighted by atomic mass is 32.1. The van der Waals surface area contributed by atoms with Gasteiger partial charge in [0.05, 0.1) is 13.7 Å². The number of amides is 2. The molecule has 0 unspecified atom stereocenters. The van der Waals surface area contributed by atoms with Crippen molar-refractivity contribution in [1.82, 2.24) is 10.2 Å². The molecule has 0 fully saturated rings. The number of urea groups is 1. The van der Waals surface area contributed by atoms with Crippen LogP contribution in [0.1, 0.15) is 10.4 Å². The molecule has 0 aliphatic heterocycles. The minimum atomic E-state index is -0.0897. The number of hydrogen-bond acceptors (Lipinski definition) is 3. The van der Waals surface area contributed by atoms with E-state index >= 15 is 0 Å². The molecule has 134 valence electrons.